The molecule has 2 N–H and O–H groups in total. The normalized spacial score (nSPS) is 23.4. The van der Waals surface area contributed by atoms with Crippen LogP contribution in [-0.2, 0) is 4.79 Å². The van der Waals surface area contributed by atoms with Gasteiger partial charge in [0.1, 0.15) is 5.75 Å². The van der Waals surface area contributed by atoms with E-state index in [1.54, 1.807) is 18.5 Å². The van der Waals surface area contributed by atoms with Crippen LogP contribution < -0.4 is 15.4 Å². The average Bonchev–Trinajstić information content (AvgIpc) is 2.97. The van der Waals surface area contributed by atoms with Gasteiger partial charge in [-0.2, -0.15) is 0 Å². The minimum Gasteiger partial charge on any atom is -0.424 e. The van der Waals surface area contributed by atoms with Crippen LogP contribution in [0.3, 0.4) is 0 Å². The Morgan fingerprint density at radius 3 is 2.59 bits per heavy atom. The average molecular weight is 389 g/mol. The van der Waals surface area contributed by atoms with Gasteiger partial charge in [-0.05, 0) is 68.4 Å². The lowest BCUT2D eigenvalue weighted by Crippen LogP contribution is -2.39. The molecule has 2 saturated heterocycles. The topological polar surface area (TPSA) is 76.1 Å². The first-order valence-corrected chi connectivity index (χ1v) is 9.27. The summed E-state index contributed by atoms with van der Waals surface area (Å²) in [7, 11) is 0. The minimum atomic E-state index is 0. The molecule has 0 saturated carbocycles. The van der Waals surface area contributed by atoms with Crippen LogP contribution >= 0.6 is 12.4 Å². The van der Waals surface area contributed by atoms with E-state index in [0.29, 0.717) is 36.2 Å². The van der Waals surface area contributed by atoms with E-state index in [2.05, 4.69) is 20.6 Å². The molecule has 2 aromatic rings. The van der Waals surface area contributed by atoms with Crippen molar-refractivity contribution in [1.82, 2.24) is 15.3 Å². The van der Waals surface area contributed by atoms with Crippen molar-refractivity contribution in [2.24, 2.45) is 5.92 Å². The number of carbonyl (C=O) groups excluding carboxylic acids is 1. The van der Waals surface area contributed by atoms with Crippen LogP contribution in [0.15, 0.2) is 36.7 Å². The fourth-order valence-corrected chi connectivity index (χ4v) is 4.09. The second-order valence-corrected chi connectivity index (χ2v) is 7.34. The van der Waals surface area contributed by atoms with Crippen molar-refractivity contribution in [1.29, 1.82) is 0 Å². The number of hydrogen-bond donors (Lipinski definition) is 2. The van der Waals surface area contributed by atoms with E-state index in [0.717, 1.165) is 24.1 Å². The van der Waals surface area contributed by atoms with E-state index < -0.39 is 0 Å². The smallest absolute Gasteiger partial charge is 0.321 e. The highest BCUT2D eigenvalue weighted by Crippen LogP contribution is 2.33. The summed E-state index contributed by atoms with van der Waals surface area (Å²) in [6, 6.07) is 8.86. The zero-order valence-corrected chi connectivity index (χ0v) is 16.2. The van der Waals surface area contributed by atoms with E-state index in [1.165, 1.54) is 12.8 Å². The van der Waals surface area contributed by atoms with Crippen LogP contribution in [0.2, 0.25) is 0 Å². The highest BCUT2D eigenvalue weighted by molar-refractivity contribution is 5.91. The Hall–Kier alpha value is -2.18. The summed E-state index contributed by atoms with van der Waals surface area (Å²) in [5.41, 5.74) is 1.78. The number of amides is 1. The molecule has 3 heterocycles. The van der Waals surface area contributed by atoms with Crippen molar-refractivity contribution in [2.75, 3.05) is 5.32 Å². The van der Waals surface area contributed by atoms with Crippen molar-refractivity contribution in [3.63, 3.8) is 0 Å². The maximum atomic E-state index is 12.5. The molecule has 4 rings (SSSR count). The van der Waals surface area contributed by atoms with Crippen molar-refractivity contribution >= 4 is 24.0 Å². The summed E-state index contributed by atoms with van der Waals surface area (Å²) >= 11 is 0. The summed E-state index contributed by atoms with van der Waals surface area (Å²) in [6.07, 6.45) is 8.63. The highest BCUT2D eigenvalue weighted by Gasteiger charge is 2.34. The molecule has 27 heavy (non-hydrogen) atoms. The quantitative estimate of drug-likeness (QED) is 0.813. The van der Waals surface area contributed by atoms with Gasteiger partial charge in [-0.25, -0.2) is 9.97 Å². The molecule has 1 amide bonds. The zero-order chi connectivity index (χ0) is 17.9. The fraction of sp³-hybridized carbons (Fsp3) is 0.450. The predicted octanol–water partition coefficient (Wildman–Crippen LogP) is 3.86. The molecule has 144 valence electrons. The van der Waals surface area contributed by atoms with Gasteiger partial charge in [0.05, 0.1) is 0 Å². The maximum Gasteiger partial charge on any atom is 0.321 e. The Bertz CT molecular complexity index is 775. The molecule has 2 aliphatic heterocycles. The number of fused-ring (bicyclic) bond motifs is 2. The first-order valence-electron chi connectivity index (χ1n) is 9.27. The second kappa shape index (κ2) is 8.67. The monoisotopic (exact) mass is 388 g/mol. The van der Waals surface area contributed by atoms with Gasteiger partial charge in [-0.1, -0.05) is 0 Å². The van der Waals surface area contributed by atoms with E-state index >= 15 is 0 Å². The standard InChI is InChI=1S/C20H24N4O2.ClH/c1-13-9-17(26-20-21-7-2-8-22-20)5-6-18(13)24-19(25)12-14-10-15-3-4-16(11-14)23-15;/h2,5-9,14-16,23H,3-4,10-12H2,1H3,(H,24,25);1H. The molecule has 0 spiro atoms. The number of carbonyl (C=O) groups is 1. The Balaban J connectivity index is 0.00000210. The molecule has 2 aliphatic rings. The van der Waals surface area contributed by atoms with Gasteiger partial charge in [-0.15, -0.1) is 12.4 Å². The lowest BCUT2D eigenvalue weighted by Gasteiger charge is -2.28. The number of anilines is 1. The van der Waals surface area contributed by atoms with Crippen LogP contribution in [0.4, 0.5) is 5.69 Å². The molecule has 2 atom stereocenters. The zero-order valence-electron chi connectivity index (χ0n) is 15.4. The first-order chi connectivity index (χ1) is 12.7. The number of hydrogen-bond acceptors (Lipinski definition) is 5. The summed E-state index contributed by atoms with van der Waals surface area (Å²) in [5, 5.41) is 6.68. The summed E-state index contributed by atoms with van der Waals surface area (Å²) in [6.45, 7) is 1.96. The highest BCUT2D eigenvalue weighted by atomic mass is 35.5. The van der Waals surface area contributed by atoms with E-state index in [1.807, 2.05) is 25.1 Å². The summed E-state index contributed by atoms with van der Waals surface area (Å²) < 4.78 is 5.63. The third-order valence-corrected chi connectivity index (χ3v) is 5.27. The molecule has 0 aliphatic carbocycles. The molecule has 2 fully saturated rings. The Labute approximate surface area is 165 Å². The molecule has 6 nitrogen and oxygen atoms in total. The van der Waals surface area contributed by atoms with Gasteiger partial charge in [-0.3, -0.25) is 4.79 Å². The number of benzene rings is 1. The SMILES string of the molecule is Cc1cc(Oc2ncccn2)ccc1NC(=O)CC1CC2CCC(C1)N2.Cl. The molecule has 2 unspecified atom stereocenters. The fourth-order valence-electron chi connectivity index (χ4n) is 4.09. The molecular formula is C20H25ClN4O2. The van der Waals surface area contributed by atoms with E-state index in [9.17, 15) is 4.79 Å². The van der Waals surface area contributed by atoms with E-state index in [-0.39, 0.29) is 18.3 Å². The van der Waals surface area contributed by atoms with Gasteiger partial charge in [0.15, 0.2) is 0 Å². The van der Waals surface area contributed by atoms with Crippen molar-refractivity contribution in [2.45, 2.75) is 51.1 Å². The van der Waals surface area contributed by atoms with Crippen molar-refractivity contribution in [3.05, 3.63) is 42.2 Å². The van der Waals surface area contributed by atoms with Crippen LogP contribution in [0.1, 0.15) is 37.7 Å². The number of rotatable bonds is 5. The maximum absolute atomic E-state index is 12.5. The number of nitrogens with zero attached hydrogens (tertiary/aromatic N) is 2. The van der Waals surface area contributed by atoms with Gasteiger partial charge in [0.25, 0.3) is 0 Å². The number of aryl methyl sites for hydroxylation is 1. The predicted molar refractivity (Wildman–Crippen MR) is 106 cm³/mol. The number of ether oxygens (including phenoxy) is 1. The van der Waals surface area contributed by atoms with Gasteiger partial charge >= 0.3 is 6.01 Å². The van der Waals surface area contributed by atoms with Crippen LogP contribution in [0, 0.1) is 12.8 Å². The molecule has 7 heteroatoms. The molecule has 2 bridgehead atoms. The lowest BCUT2D eigenvalue weighted by atomic mass is 9.89. The van der Waals surface area contributed by atoms with Gasteiger partial charge < -0.3 is 15.4 Å². The summed E-state index contributed by atoms with van der Waals surface area (Å²) in [5.74, 6) is 1.24. The van der Waals surface area contributed by atoms with Crippen LogP contribution in [0.25, 0.3) is 0 Å². The molecule has 1 aromatic heterocycles. The molecule has 1 aromatic carbocycles. The Morgan fingerprint density at radius 2 is 1.93 bits per heavy atom. The van der Waals surface area contributed by atoms with Gasteiger partial charge in [0, 0.05) is 36.6 Å². The van der Waals surface area contributed by atoms with E-state index in [4.69, 9.17) is 4.74 Å². The number of aromatic nitrogens is 2. The molecular weight excluding hydrogens is 364 g/mol. The second-order valence-electron chi connectivity index (χ2n) is 7.34. The largest absolute Gasteiger partial charge is 0.424 e. The van der Waals surface area contributed by atoms with Crippen LogP contribution in [-0.4, -0.2) is 28.0 Å². The number of halogens is 1. The number of nitrogens with one attached hydrogen (secondary N) is 2. The lowest BCUT2D eigenvalue weighted by molar-refractivity contribution is -0.117. The van der Waals surface area contributed by atoms with Crippen molar-refractivity contribution < 1.29 is 9.53 Å². The van der Waals surface area contributed by atoms with Gasteiger partial charge in [0.2, 0.25) is 5.91 Å². The first kappa shape index (κ1) is 19.6. The Kier molecular flexibility index (Phi) is 6.29. The minimum absolute atomic E-state index is 0. The summed E-state index contributed by atoms with van der Waals surface area (Å²) in [4.78, 5) is 20.6. The molecule has 0 radical (unpaired) electrons. The third kappa shape index (κ3) is 4.96. The van der Waals surface area contributed by atoms with Crippen LogP contribution in [0.5, 0.6) is 11.8 Å². The number of piperidine rings is 1. The third-order valence-electron chi connectivity index (χ3n) is 5.27. The van der Waals surface area contributed by atoms with Crippen molar-refractivity contribution in [3.8, 4) is 11.8 Å². The Morgan fingerprint density at radius 1 is 1.22 bits per heavy atom.